The SMILES string of the molecule is CC(C)(C)OC(=O)N1CC[C@@H](COCCC[C@H](NC(=O)OCC2c3ccccc3-c3ccccc32)C(=O)O)C1. The van der Waals surface area contributed by atoms with Gasteiger partial charge < -0.3 is 29.5 Å². The van der Waals surface area contributed by atoms with Crippen LogP contribution in [0.3, 0.4) is 0 Å². The minimum atomic E-state index is -1.12. The average molecular weight is 539 g/mol. The molecule has 9 heteroatoms. The molecule has 1 fully saturated rings. The molecular formula is C30H38N2O7. The molecule has 210 valence electrons. The number of carboxylic acid groups (broad SMARTS) is 1. The molecule has 1 aliphatic carbocycles. The number of hydrogen-bond donors (Lipinski definition) is 2. The number of fused-ring (bicyclic) bond motifs is 3. The maximum Gasteiger partial charge on any atom is 0.410 e. The Morgan fingerprint density at radius 2 is 1.67 bits per heavy atom. The fraction of sp³-hybridized carbons (Fsp3) is 0.500. The summed E-state index contributed by atoms with van der Waals surface area (Å²) in [6.07, 6.45) is 0.449. The Kier molecular flexibility index (Phi) is 9.12. The van der Waals surface area contributed by atoms with Crippen LogP contribution in [0, 0.1) is 5.92 Å². The molecule has 0 radical (unpaired) electrons. The van der Waals surface area contributed by atoms with Crippen molar-refractivity contribution in [3.05, 3.63) is 59.7 Å². The van der Waals surface area contributed by atoms with Crippen LogP contribution < -0.4 is 5.32 Å². The van der Waals surface area contributed by atoms with Crippen molar-refractivity contribution in [2.75, 3.05) is 32.9 Å². The van der Waals surface area contributed by atoms with E-state index in [0.29, 0.717) is 32.7 Å². The van der Waals surface area contributed by atoms with Crippen LogP contribution >= 0.6 is 0 Å². The standard InChI is InChI=1S/C30H38N2O7/c1-30(2,3)39-29(36)32-15-14-20(17-32)18-37-16-8-13-26(27(33)34)31-28(35)38-19-25-23-11-6-4-9-21(23)22-10-5-7-12-24(22)25/h4-7,9-12,20,25-26H,8,13-19H2,1-3H3,(H,31,35)(H,33,34)/t20-,26+/m1/s1. The molecule has 0 spiro atoms. The number of amides is 2. The monoisotopic (exact) mass is 538 g/mol. The summed E-state index contributed by atoms with van der Waals surface area (Å²) in [7, 11) is 0. The van der Waals surface area contributed by atoms with Gasteiger partial charge in [-0.2, -0.15) is 0 Å². The second kappa shape index (κ2) is 12.5. The fourth-order valence-electron chi connectivity index (χ4n) is 5.14. The van der Waals surface area contributed by atoms with Gasteiger partial charge in [0.15, 0.2) is 0 Å². The zero-order valence-corrected chi connectivity index (χ0v) is 22.9. The van der Waals surface area contributed by atoms with Crippen LogP contribution in [0.4, 0.5) is 9.59 Å². The first-order valence-corrected chi connectivity index (χ1v) is 13.5. The second-order valence-electron chi connectivity index (χ2n) is 11.2. The number of nitrogens with one attached hydrogen (secondary N) is 1. The van der Waals surface area contributed by atoms with E-state index in [9.17, 15) is 19.5 Å². The van der Waals surface area contributed by atoms with Gasteiger partial charge in [-0.05, 0) is 62.3 Å². The molecule has 0 bridgehead atoms. The minimum Gasteiger partial charge on any atom is -0.480 e. The molecule has 2 amide bonds. The maximum atomic E-state index is 12.5. The Balaban J connectivity index is 1.17. The molecule has 2 N–H and O–H groups in total. The molecule has 1 aliphatic heterocycles. The van der Waals surface area contributed by atoms with Crippen LogP contribution in [0.1, 0.15) is 57.1 Å². The number of alkyl carbamates (subject to hydrolysis) is 1. The van der Waals surface area contributed by atoms with Crippen molar-refractivity contribution in [3.8, 4) is 11.1 Å². The van der Waals surface area contributed by atoms with E-state index in [0.717, 1.165) is 28.7 Å². The van der Waals surface area contributed by atoms with Crippen molar-refractivity contribution in [2.45, 2.75) is 57.6 Å². The summed E-state index contributed by atoms with van der Waals surface area (Å²) in [5.41, 5.74) is 3.91. The highest BCUT2D eigenvalue weighted by atomic mass is 16.6. The van der Waals surface area contributed by atoms with Gasteiger partial charge in [-0.1, -0.05) is 48.5 Å². The first-order valence-electron chi connectivity index (χ1n) is 13.5. The molecule has 4 rings (SSSR count). The van der Waals surface area contributed by atoms with Crippen LogP contribution in [-0.4, -0.2) is 72.7 Å². The van der Waals surface area contributed by atoms with Gasteiger partial charge in [-0.3, -0.25) is 0 Å². The summed E-state index contributed by atoms with van der Waals surface area (Å²) >= 11 is 0. The first kappa shape index (κ1) is 28.4. The molecule has 39 heavy (non-hydrogen) atoms. The van der Waals surface area contributed by atoms with E-state index in [4.69, 9.17) is 14.2 Å². The number of carbonyl (C=O) groups is 3. The summed E-state index contributed by atoms with van der Waals surface area (Å²) in [4.78, 5) is 38.1. The van der Waals surface area contributed by atoms with Gasteiger partial charge >= 0.3 is 18.2 Å². The Morgan fingerprint density at radius 1 is 1.03 bits per heavy atom. The van der Waals surface area contributed by atoms with Crippen LogP contribution in [0.25, 0.3) is 11.1 Å². The highest BCUT2D eigenvalue weighted by Crippen LogP contribution is 2.44. The van der Waals surface area contributed by atoms with Gasteiger partial charge in [0.1, 0.15) is 18.2 Å². The molecule has 2 aliphatic rings. The van der Waals surface area contributed by atoms with Crippen molar-refractivity contribution in [1.29, 1.82) is 0 Å². The van der Waals surface area contributed by atoms with Gasteiger partial charge in [0.25, 0.3) is 0 Å². The van der Waals surface area contributed by atoms with E-state index in [1.165, 1.54) is 0 Å². The quantitative estimate of drug-likeness (QED) is 0.408. The van der Waals surface area contributed by atoms with Crippen molar-refractivity contribution in [2.24, 2.45) is 5.92 Å². The van der Waals surface area contributed by atoms with Gasteiger partial charge in [-0.15, -0.1) is 0 Å². The van der Waals surface area contributed by atoms with E-state index in [-0.39, 0.29) is 31.0 Å². The Hall–Kier alpha value is -3.59. The Morgan fingerprint density at radius 3 is 2.28 bits per heavy atom. The third kappa shape index (κ3) is 7.50. The Labute approximate surface area is 229 Å². The van der Waals surface area contributed by atoms with Crippen molar-refractivity contribution < 1.29 is 33.7 Å². The number of carbonyl (C=O) groups excluding carboxylic acids is 2. The molecule has 2 atom stereocenters. The second-order valence-corrected chi connectivity index (χ2v) is 11.2. The smallest absolute Gasteiger partial charge is 0.410 e. The van der Waals surface area contributed by atoms with Crippen molar-refractivity contribution >= 4 is 18.2 Å². The molecule has 1 heterocycles. The number of nitrogens with zero attached hydrogens (tertiary/aromatic N) is 1. The molecule has 2 aromatic carbocycles. The maximum absolute atomic E-state index is 12.5. The van der Waals surface area contributed by atoms with Gasteiger partial charge in [0, 0.05) is 31.5 Å². The molecule has 1 saturated heterocycles. The summed E-state index contributed by atoms with van der Waals surface area (Å²) in [5.74, 6) is -0.999. The van der Waals surface area contributed by atoms with Gasteiger partial charge in [0.2, 0.25) is 0 Å². The topological polar surface area (TPSA) is 114 Å². The number of ether oxygens (including phenoxy) is 3. The summed E-state index contributed by atoms with van der Waals surface area (Å²) < 4.78 is 16.7. The predicted octanol–water partition coefficient (Wildman–Crippen LogP) is 5.03. The zero-order valence-electron chi connectivity index (χ0n) is 22.9. The third-order valence-corrected chi connectivity index (χ3v) is 7.01. The number of carboxylic acids is 1. The van der Waals surface area contributed by atoms with E-state index in [2.05, 4.69) is 17.4 Å². The highest BCUT2D eigenvalue weighted by Gasteiger charge is 2.31. The predicted molar refractivity (Wildman–Crippen MR) is 146 cm³/mol. The zero-order chi connectivity index (χ0) is 28.0. The molecule has 0 unspecified atom stereocenters. The first-order chi connectivity index (χ1) is 18.6. The lowest BCUT2D eigenvalue weighted by Gasteiger charge is -2.24. The lowest BCUT2D eigenvalue weighted by atomic mass is 9.98. The third-order valence-electron chi connectivity index (χ3n) is 7.01. The van der Waals surface area contributed by atoms with Gasteiger partial charge in [0.05, 0.1) is 6.61 Å². The Bertz CT molecular complexity index is 1130. The van der Waals surface area contributed by atoms with E-state index in [1.54, 1.807) is 4.90 Å². The molecule has 9 nitrogen and oxygen atoms in total. The number of rotatable bonds is 10. The largest absolute Gasteiger partial charge is 0.480 e. The van der Waals surface area contributed by atoms with E-state index >= 15 is 0 Å². The van der Waals surface area contributed by atoms with Crippen molar-refractivity contribution in [3.63, 3.8) is 0 Å². The van der Waals surface area contributed by atoms with Crippen LogP contribution in [0.15, 0.2) is 48.5 Å². The number of benzene rings is 2. The van der Waals surface area contributed by atoms with E-state index < -0.39 is 23.7 Å². The van der Waals surface area contributed by atoms with Crippen LogP contribution in [0.5, 0.6) is 0 Å². The number of aliphatic carboxylic acids is 1. The van der Waals surface area contributed by atoms with E-state index in [1.807, 2.05) is 57.2 Å². The van der Waals surface area contributed by atoms with Crippen molar-refractivity contribution in [1.82, 2.24) is 10.2 Å². The van der Waals surface area contributed by atoms with Crippen LogP contribution in [0.2, 0.25) is 0 Å². The summed E-state index contributed by atoms with van der Waals surface area (Å²) in [6.45, 7) is 7.70. The lowest BCUT2D eigenvalue weighted by molar-refractivity contribution is -0.139. The summed E-state index contributed by atoms with van der Waals surface area (Å²) in [6, 6.07) is 15.0. The number of likely N-dealkylation sites (tertiary alicyclic amines) is 1. The molecule has 0 aromatic heterocycles. The van der Waals surface area contributed by atoms with Gasteiger partial charge in [-0.25, -0.2) is 14.4 Å². The summed E-state index contributed by atoms with van der Waals surface area (Å²) in [5, 5.41) is 12.1. The molecule has 2 aromatic rings. The minimum absolute atomic E-state index is 0.0957. The fourth-order valence-corrected chi connectivity index (χ4v) is 5.14. The van der Waals surface area contributed by atoms with Crippen LogP contribution in [-0.2, 0) is 19.0 Å². The molecule has 0 saturated carbocycles. The molecular weight excluding hydrogens is 500 g/mol. The normalized spacial score (nSPS) is 17.3. The average Bonchev–Trinajstić information content (AvgIpc) is 3.48. The highest BCUT2D eigenvalue weighted by molar-refractivity contribution is 5.81. The number of hydrogen-bond acceptors (Lipinski definition) is 6. The lowest BCUT2D eigenvalue weighted by Crippen LogP contribution is -2.41.